The Bertz CT molecular complexity index is 1960. The van der Waals surface area contributed by atoms with E-state index in [1.165, 1.54) is 32.0 Å². The van der Waals surface area contributed by atoms with E-state index < -0.39 is 35.4 Å². The third kappa shape index (κ3) is 5.13. The number of aromatic nitrogens is 5. The molecule has 5 aromatic rings. The van der Waals surface area contributed by atoms with Gasteiger partial charge in [-0.2, -0.15) is 13.2 Å². The van der Waals surface area contributed by atoms with Crippen molar-refractivity contribution in [1.82, 2.24) is 28.6 Å². The first-order chi connectivity index (χ1) is 20.9. The maximum Gasteiger partial charge on any atom is 0.417 e. The number of halogens is 3. The maximum atomic E-state index is 13.9. The summed E-state index contributed by atoms with van der Waals surface area (Å²) < 4.78 is 45.2. The number of carboxylic acid groups (broad SMARTS) is 2. The van der Waals surface area contributed by atoms with Crippen molar-refractivity contribution >= 4 is 23.1 Å². The quantitative estimate of drug-likeness (QED) is 0.278. The van der Waals surface area contributed by atoms with Gasteiger partial charge >= 0.3 is 23.8 Å². The van der Waals surface area contributed by atoms with Gasteiger partial charge in [0, 0.05) is 26.3 Å². The van der Waals surface area contributed by atoms with Gasteiger partial charge in [0.2, 0.25) is 0 Å². The molecule has 4 heterocycles. The molecule has 0 spiro atoms. The molecule has 226 valence electrons. The van der Waals surface area contributed by atoms with Gasteiger partial charge < -0.3 is 14.8 Å². The molecule has 0 saturated carbocycles. The Labute approximate surface area is 247 Å². The Morgan fingerprint density at radius 1 is 0.955 bits per heavy atom. The molecular weight excluding hydrogens is 581 g/mol. The number of likely N-dealkylation sites (tertiary alicyclic amines) is 1. The number of carboxylic acids is 2. The number of fused-ring (bicyclic) bond motifs is 1. The summed E-state index contributed by atoms with van der Waals surface area (Å²) in [6, 6.07) is 13.4. The van der Waals surface area contributed by atoms with Crippen LogP contribution in [0.15, 0.2) is 71.8 Å². The van der Waals surface area contributed by atoms with Gasteiger partial charge in [-0.3, -0.25) is 14.0 Å². The Hall–Kier alpha value is -5.24. The first kappa shape index (κ1) is 28.9. The summed E-state index contributed by atoms with van der Waals surface area (Å²) in [7, 11) is 1.61. The summed E-state index contributed by atoms with van der Waals surface area (Å²) in [6.07, 6.45) is -2.15. The van der Waals surface area contributed by atoms with Gasteiger partial charge in [-0.1, -0.05) is 24.3 Å². The molecule has 0 radical (unpaired) electrons. The summed E-state index contributed by atoms with van der Waals surface area (Å²) >= 11 is 0. The third-order valence-electron chi connectivity index (χ3n) is 7.91. The van der Waals surface area contributed by atoms with Crippen LogP contribution in [0.4, 0.5) is 13.2 Å². The number of hydrogen-bond donors (Lipinski definition) is 2. The van der Waals surface area contributed by atoms with Gasteiger partial charge in [0.15, 0.2) is 5.65 Å². The fourth-order valence-electron chi connectivity index (χ4n) is 5.60. The number of carbonyl (C=O) groups is 2. The fourth-order valence-corrected chi connectivity index (χ4v) is 5.60. The molecule has 0 bridgehead atoms. The first-order valence-corrected chi connectivity index (χ1v) is 13.5. The summed E-state index contributed by atoms with van der Waals surface area (Å²) in [4.78, 5) is 46.8. The minimum atomic E-state index is -4.67. The molecule has 1 fully saturated rings. The van der Waals surface area contributed by atoms with E-state index >= 15 is 0 Å². The van der Waals surface area contributed by atoms with Crippen molar-refractivity contribution in [3.8, 4) is 16.8 Å². The van der Waals surface area contributed by atoms with Crippen molar-refractivity contribution in [3.05, 3.63) is 100 Å². The van der Waals surface area contributed by atoms with Gasteiger partial charge in [-0.15, -0.1) is 0 Å². The lowest BCUT2D eigenvalue weighted by molar-refractivity contribution is -0.137. The van der Waals surface area contributed by atoms with E-state index in [2.05, 4.69) is 9.97 Å². The van der Waals surface area contributed by atoms with E-state index in [1.54, 1.807) is 43.4 Å². The average molecular weight is 607 g/mol. The van der Waals surface area contributed by atoms with Crippen LogP contribution in [0.3, 0.4) is 0 Å². The van der Waals surface area contributed by atoms with Crippen molar-refractivity contribution in [1.29, 1.82) is 0 Å². The maximum absolute atomic E-state index is 13.9. The third-order valence-corrected chi connectivity index (χ3v) is 7.91. The van der Waals surface area contributed by atoms with Gasteiger partial charge in [-0.25, -0.2) is 24.4 Å². The SMILES string of the molecule is Cn1c(C(=O)O)cnc1CN1CCC(n2c(=O)n(-c3ccc(-c4ccc(C(=O)O)cc4)cc3)c3cc(C(F)(F)F)cnc32)C1. The molecule has 2 N–H and O–H groups in total. The molecule has 44 heavy (non-hydrogen) atoms. The Morgan fingerprint density at radius 3 is 2.20 bits per heavy atom. The Morgan fingerprint density at radius 2 is 1.61 bits per heavy atom. The van der Waals surface area contributed by atoms with Crippen LogP contribution in [-0.4, -0.2) is 63.8 Å². The number of nitrogens with zero attached hydrogens (tertiary/aromatic N) is 6. The number of imidazole rings is 2. The van der Waals surface area contributed by atoms with E-state index in [0.717, 1.165) is 23.4 Å². The number of aromatic carboxylic acids is 2. The second kappa shape index (κ2) is 10.8. The molecule has 1 aliphatic heterocycles. The molecule has 2 aromatic carbocycles. The highest BCUT2D eigenvalue weighted by atomic mass is 19.4. The van der Waals surface area contributed by atoms with Crippen LogP contribution < -0.4 is 5.69 Å². The lowest BCUT2D eigenvalue weighted by atomic mass is 10.0. The summed E-state index contributed by atoms with van der Waals surface area (Å²) in [6.45, 7) is 1.26. The summed E-state index contributed by atoms with van der Waals surface area (Å²) in [5, 5.41) is 18.5. The zero-order chi connectivity index (χ0) is 31.3. The average Bonchev–Trinajstić information content (AvgIpc) is 3.67. The Balaban J connectivity index is 1.36. The van der Waals surface area contributed by atoms with Crippen LogP contribution in [0.1, 0.15) is 44.7 Å². The lowest BCUT2D eigenvalue weighted by Crippen LogP contribution is -2.29. The molecule has 1 atom stereocenters. The molecule has 0 aliphatic carbocycles. The molecule has 14 heteroatoms. The topological polar surface area (TPSA) is 135 Å². The summed E-state index contributed by atoms with van der Waals surface area (Å²) in [5.41, 5.74) is 0.580. The van der Waals surface area contributed by atoms with E-state index in [0.29, 0.717) is 37.6 Å². The zero-order valence-corrected chi connectivity index (χ0v) is 23.2. The molecular formula is C30H25F3N6O5. The molecule has 11 nitrogen and oxygen atoms in total. The van der Waals surface area contributed by atoms with Crippen molar-refractivity contribution < 1.29 is 33.0 Å². The predicted octanol–water partition coefficient (Wildman–Crippen LogP) is 4.45. The van der Waals surface area contributed by atoms with Crippen molar-refractivity contribution in [2.45, 2.75) is 25.2 Å². The van der Waals surface area contributed by atoms with E-state index in [1.807, 2.05) is 4.90 Å². The minimum absolute atomic E-state index is 0.0111. The Kier molecular flexibility index (Phi) is 7.08. The number of hydrogen-bond acceptors (Lipinski definition) is 6. The number of rotatable bonds is 7. The predicted molar refractivity (Wildman–Crippen MR) is 152 cm³/mol. The van der Waals surface area contributed by atoms with Gasteiger partial charge in [-0.05, 0) is 47.9 Å². The van der Waals surface area contributed by atoms with Crippen LogP contribution in [0.25, 0.3) is 28.0 Å². The van der Waals surface area contributed by atoms with E-state index in [-0.39, 0.29) is 22.4 Å². The van der Waals surface area contributed by atoms with E-state index in [4.69, 9.17) is 5.11 Å². The molecule has 6 rings (SSSR count). The van der Waals surface area contributed by atoms with Crippen molar-refractivity contribution in [3.63, 3.8) is 0 Å². The van der Waals surface area contributed by atoms with Crippen molar-refractivity contribution in [2.24, 2.45) is 7.05 Å². The van der Waals surface area contributed by atoms with E-state index in [9.17, 15) is 32.7 Å². The largest absolute Gasteiger partial charge is 0.478 e. The van der Waals surface area contributed by atoms with Gasteiger partial charge in [0.05, 0.1) is 41.1 Å². The standard InChI is InChI=1S/C30H25F3N6O5/c1-36-24(28(42)43)14-34-25(36)16-37-11-10-22(15-37)39-26-23(12-20(13-35-26)30(31,32)33)38(29(39)44)21-8-6-18(7-9-21)17-2-4-19(5-3-17)27(40)41/h2-9,12-14,22H,10-11,15-16H2,1H3,(H,40,41)(H,42,43). The highest BCUT2D eigenvalue weighted by Crippen LogP contribution is 2.33. The number of benzene rings is 2. The molecule has 0 amide bonds. The highest BCUT2D eigenvalue weighted by molar-refractivity contribution is 5.88. The van der Waals surface area contributed by atoms with Crippen LogP contribution >= 0.6 is 0 Å². The van der Waals surface area contributed by atoms with Crippen LogP contribution in [-0.2, 0) is 19.8 Å². The van der Waals surface area contributed by atoms with Crippen molar-refractivity contribution in [2.75, 3.05) is 13.1 Å². The monoisotopic (exact) mass is 606 g/mol. The fraction of sp³-hybridized carbons (Fsp3) is 0.233. The smallest absolute Gasteiger partial charge is 0.417 e. The molecule has 1 aliphatic rings. The zero-order valence-electron chi connectivity index (χ0n) is 23.2. The second-order valence-electron chi connectivity index (χ2n) is 10.6. The molecule has 1 unspecified atom stereocenters. The van der Waals surface area contributed by atoms with Crippen LogP contribution in [0.5, 0.6) is 0 Å². The van der Waals surface area contributed by atoms with Gasteiger partial charge in [0.25, 0.3) is 0 Å². The molecule has 3 aromatic heterocycles. The van der Waals surface area contributed by atoms with Crippen LogP contribution in [0.2, 0.25) is 0 Å². The molecule has 1 saturated heterocycles. The first-order valence-electron chi connectivity index (χ1n) is 13.5. The van der Waals surface area contributed by atoms with Gasteiger partial charge in [0.1, 0.15) is 11.5 Å². The number of pyridine rings is 1. The normalized spacial score (nSPS) is 15.7. The lowest BCUT2D eigenvalue weighted by Gasteiger charge is -2.16. The summed E-state index contributed by atoms with van der Waals surface area (Å²) in [5.74, 6) is -1.62. The number of alkyl halides is 3. The van der Waals surface area contributed by atoms with Crippen LogP contribution in [0, 0.1) is 0 Å². The highest BCUT2D eigenvalue weighted by Gasteiger charge is 2.34. The minimum Gasteiger partial charge on any atom is -0.478 e. The second-order valence-corrected chi connectivity index (χ2v) is 10.6.